The fraction of sp³-hybridized carbons (Fsp3) is 0.308. The third kappa shape index (κ3) is 8.20. The van der Waals surface area contributed by atoms with Gasteiger partial charge in [0.15, 0.2) is 0 Å². The summed E-state index contributed by atoms with van der Waals surface area (Å²) in [5.41, 5.74) is 16.4. The third-order valence-corrected chi connectivity index (χ3v) is 16.4. The van der Waals surface area contributed by atoms with Crippen LogP contribution in [0.25, 0.3) is 45.6 Å². The Kier molecular flexibility index (Phi) is 11.9. The van der Waals surface area contributed by atoms with Gasteiger partial charge in [-0.25, -0.2) is 0 Å². The number of aryl methyl sites for hydroxylation is 4. The Bertz CT molecular complexity index is 2130. The molecule has 0 bridgehead atoms. The number of allylic oxidation sites excluding steroid dienone is 2. The van der Waals surface area contributed by atoms with Gasteiger partial charge in [-0.05, 0) is 0 Å². The van der Waals surface area contributed by atoms with E-state index >= 15 is 0 Å². The normalized spacial score (nSPS) is 15.9. The topological polar surface area (TPSA) is 26.3 Å². The Balaban J connectivity index is 1.15. The predicted molar refractivity (Wildman–Crippen MR) is 228 cm³/mol. The molecule has 0 aliphatic heterocycles. The van der Waals surface area contributed by atoms with Crippen molar-refractivity contribution in [3.05, 3.63) is 166 Å². The van der Waals surface area contributed by atoms with E-state index in [4.69, 9.17) is 8.83 Å². The zero-order valence-corrected chi connectivity index (χ0v) is 35.5. The first-order valence-electron chi connectivity index (χ1n) is 20.8. The first-order chi connectivity index (χ1) is 27.0. The summed E-state index contributed by atoms with van der Waals surface area (Å²) >= 11 is -1.31. The minimum absolute atomic E-state index is 0.327. The van der Waals surface area contributed by atoms with Crippen molar-refractivity contribution in [3.63, 3.8) is 0 Å². The van der Waals surface area contributed by atoms with Crippen molar-refractivity contribution >= 4 is 23.3 Å². The van der Waals surface area contributed by atoms with Crippen LogP contribution in [0.2, 0.25) is 0 Å². The maximum absolute atomic E-state index is 6.44. The number of rotatable bonds is 16. The average molecular weight is 802 g/mol. The monoisotopic (exact) mass is 800 g/mol. The fourth-order valence-electron chi connectivity index (χ4n) is 8.65. The molecule has 8 rings (SSSR count). The molecule has 2 atom stereocenters. The molecule has 0 amide bonds. The number of unbranched alkanes of at least 4 members (excludes halogenated alkanes) is 6. The van der Waals surface area contributed by atoms with Gasteiger partial charge in [-0.1, -0.05) is 26.7 Å². The van der Waals surface area contributed by atoms with Gasteiger partial charge in [0.25, 0.3) is 0 Å². The number of furan rings is 2. The van der Waals surface area contributed by atoms with Crippen LogP contribution in [0, 0.1) is 13.8 Å². The summed E-state index contributed by atoms with van der Waals surface area (Å²) in [5, 5.41) is 0. The second-order valence-electron chi connectivity index (χ2n) is 15.7. The van der Waals surface area contributed by atoms with Gasteiger partial charge in [-0.3, -0.25) is 0 Å². The van der Waals surface area contributed by atoms with Gasteiger partial charge >= 0.3 is 316 Å². The molecule has 278 valence electrons. The summed E-state index contributed by atoms with van der Waals surface area (Å²) in [5.74, 6) is 3.93. The first-order valence-corrected chi connectivity index (χ1v) is 23.6. The van der Waals surface area contributed by atoms with E-state index in [1.165, 1.54) is 118 Å². The van der Waals surface area contributed by atoms with Crippen molar-refractivity contribution in [2.45, 2.75) is 99.2 Å². The van der Waals surface area contributed by atoms with E-state index in [9.17, 15) is 0 Å². The Morgan fingerprint density at radius 2 is 0.909 bits per heavy atom. The molecule has 0 radical (unpaired) electrons. The molecule has 0 saturated carbocycles. The zero-order valence-electron chi connectivity index (χ0n) is 33.1. The van der Waals surface area contributed by atoms with Gasteiger partial charge in [0.2, 0.25) is 0 Å². The van der Waals surface area contributed by atoms with E-state index in [1.807, 2.05) is 0 Å². The Labute approximate surface area is 340 Å². The standard InChI is InChI=1S/2C26H27O.Zr/c2*1-3-4-5-6-8-20-12-14-21(15-13-20)24-10-7-9-22-17-23(18-25(22)24)26-16-11-19(2)27-26;/h2*7,9-18H,3-6,8H2,1-2H3;. The Hall–Kier alpha value is -4.20. The van der Waals surface area contributed by atoms with E-state index in [2.05, 4.69) is 149 Å². The van der Waals surface area contributed by atoms with Crippen molar-refractivity contribution in [1.29, 1.82) is 0 Å². The van der Waals surface area contributed by atoms with Crippen molar-refractivity contribution < 1.29 is 32.1 Å². The van der Waals surface area contributed by atoms with Gasteiger partial charge in [0.05, 0.1) is 0 Å². The van der Waals surface area contributed by atoms with Crippen LogP contribution >= 0.6 is 0 Å². The van der Waals surface area contributed by atoms with Crippen molar-refractivity contribution in [1.82, 2.24) is 0 Å². The molecular formula is C52H54O2Zr. The van der Waals surface area contributed by atoms with E-state index < -0.39 is 23.2 Å². The van der Waals surface area contributed by atoms with Gasteiger partial charge in [0.1, 0.15) is 0 Å². The molecule has 0 spiro atoms. The van der Waals surface area contributed by atoms with Crippen LogP contribution in [0.3, 0.4) is 0 Å². The maximum atomic E-state index is 6.44. The van der Waals surface area contributed by atoms with Crippen molar-refractivity contribution in [3.8, 4) is 22.3 Å². The Morgan fingerprint density at radius 1 is 0.473 bits per heavy atom. The molecule has 3 heteroatoms. The molecule has 55 heavy (non-hydrogen) atoms. The second kappa shape index (κ2) is 17.3. The summed E-state index contributed by atoms with van der Waals surface area (Å²) in [7, 11) is 0. The second-order valence-corrected chi connectivity index (χ2v) is 19.3. The van der Waals surface area contributed by atoms with Crippen LogP contribution in [0.4, 0.5) is 0 Å². The van der Waals surface area contributed by atoms with Gasteiger partial charge in [-0.2, -0.15) is 0 Å². The van der Waals surface area contributed by atoms with Gasteiger partial charge in [0, 0.05) is 0 Å². The van der Waals surface area contributed by atoms with E-state index in [0.29, 0.717) is 7.25 Å². The molecule has 2 unspecified atom stereocenters. The Morgan fingerprint density at radius 3 is 1.29 bits per heavy atom. The molecule has 2 nitrogen and oxygen atoms in total. The summed E-state index contributed by atoms with van der Waals surface area (Å²) in [6.07, 6.45) is 17.6. The van der Waals surface area contributed by atoms with Crippen molar-refractivity contribution in [2.24, 2.45) is 0 Å². The molecule has 6 aromatic rings. The van der Waals surface area contributed by atoms with Crippen LogP contribution in [-0.4, -0.2) is 0 Å². The molecular weight excluding hydrogens is 748 g/mol. The fourth-order valence-corrected chi connectivity index (χ4v) is 13.6. The van der Waals surface area contributed by atoms with E-state index in [-0.39, 0.29) is 0 Å². The van der Waals surface area contributed by atoms with Crippen LogP contribution in [0.15, 0.2) is 118 Å². The zero-order chi connectivity index (χ0) is 37.7. The molecule has 0 saturated heterocycles. The predicted octanol–water partition coefficient (Wildman–Crippen LogP) is 15.0. The van der Waals surface area contributed by atoms with Crippen LogP contribution in [-0.2, 0) is 36.1 Å². The van der Waals surface area contributed by atoms with Crippen LogP contribution < -0.4 is 0 Å². The number of benzene rings is 4. The minimum atomic E-state index is -1.31. The molecule has 0 fully saturated rings. The number of hydrogen-bond acceptors (Lipinski definition) is 2. The quantitative estimate of drug-likeness (QED) is 0.0911. The summed E-state index contributed by atoms with van der Waals surface area (Å²) < 4.78 is 13.5. The molecule has 2 heterocycles. The van der Waals surface area contributed by atoms with Gasteiger partial charge < -0.3 is 0 Å². The summed E-state index contributed by atoms with van der Waals surface area (Å²) in [6, 6.07) is 41.4. The SMILES string of the molecule is CCCCCCc1ccc(-c2cccc3c2C=C(c2ccc(C)o2)[CH]3[Zr][CH]2C(c3ccc(C)o3)=Cc3c(-c4ccc(CCCCCC)cc4)cccc32)cc1. The molecule has 2 aliphatic carbocycles. The molecule has 2 aromatic heterocycles. The molecule has 0 N–H and O–H groups in total. The molecule has 4 aromatic carbocycles. The first kappa shape index (κ1) is 37.7. The molecule has 2 aliphatic rings. The van der Waals surface area contributed by atoms with E-state index in [1.54, 1.807) is 0 Å². The van der Waals surface area contributed by atoms with Crippen LogP contribution in [0.1, 0.15) is 129 Å². The van der Waals surface area contributed by atoms with E-state index in [0.717, 1.165) is 35.9 Å². The number of hydrogen-bond donors (Lipinski definition) is 0. The van der Waals surface area contributed by atoms with Gasteiger partial charge in [-0.15, -0.1) is 0 Å². The summed E-state index contributed by atoms with van der Waals surface area (Å²) in [6.45, 7) is 8.68. The number of fused-ring (bicyclic) bond motifs is 2. The summed E-state index contributed by atoms with van der Waals surface area (Å²) in [4.78, 5) is 0. The van der Waals surface area contributed by atoms with Crippen LogP contribution in [0.5, 0.6) is 0 Å². The third-order valence-electron chi connectivity index (χ3n) is 11.7. The average Bonchev–Trinajstić information content (AvgIpc) is 4.01. The van der Waals surface area contributed by atoms with Crippen molar-refractivity contribution in [2.75, 3.05) is 0 Å².